The number of piperidine rings is 2. The molecule has 2 fully saturated rings. The maximum atomic E-state index is 15.5. The van der Waals surface area contributed by atoms with Gasteiger partial charge in [-0.2, -0.15) is 4.98 Å². The summed E-state index contributed by atoms with van der Waals surface area (Å²) in [4.78, 5) is 52.4. The molecule has 14 nitrogen and oxygen atoms in total. The van der Waals surface area contributed by atoms with E-state index in [1.54, 1.807) is 44.2 Å². The van der Waals surface area contributed by atoms with Crippen LogP contribution in [0.3, 0.4) is 0 Å². The monoisotopic (exact) mass is 860 g/mol. The second-order valence-electron chi connectivity index (χ2n) is 16.2. The number of amides is 3. The van der Waals surface area contributed by atoms with Crippen LogP contribution in [-0.4, -0.2) is 89.5 Å². The van der Waals surface area contributed by atoms with Crippen LogP contribution in [0.5, 0.6) is 5.75 Å². The zero-order chi connectivity index (χ0) is 43.0. The third-order valence-electron chi connectivity index (χ3n) is 11.3. The number of nitrogens with zero attached hydrogens (tertiary/aromatic N) is 5. The number of ether oxygens (including phenoxy) is 1. The predicted octanol–water partition coefficient (Wildman–Crippen LogP) is 6.90. The zero-order valence-electron chi connectivity index (χ0n) is 34.5. The van der Waals surface area contributed by atoms with Gasteiger partial charge in [0.05, 0.1) is 33.8 Å². The lowest BCUT2D eigenvalue weighted by Gasteiger charge is -2.38. The highest BCUT2D eigenvalue weighted by atomic mass is 35.5. The molecule has 3 amide bonds. The van der Waals surface area contributed by atoms with E-state index in [4.69, 9.17) is 16.3 Å². The first-order valence-electron chi connectivity index (χ1n) is 20.1. The minimum Gasteiger partial charge on any atom is -0.489 e. The molecule has 4 aromatic rings. The molecule has 3 aliphatic heterocycles. The molecule has 17 heteroatoms. The summed E-state index contributed by atoms with van der Waals surface area (Å²) in [7, 11) is -1.61. The first kappa shape index (κ1) is 42.8. The Morgan fingerprint density at radius 3 is 2.45 bits per heavy atom. The summed E-state index contributed by atoms with van der Waals surface area (Å²) in [6.45, 7) is 11.3. The quantitative estimate of drug-likeness (QED) is 0.119. The van der Waals surface area contributed by atoms with E-state index in [1.165, 1.54) is 17.2 Å². The van der Waals surface area contributed by atoms with Crippen LogP contribution in [0.1, 0.15) is 80.4 Å². The minimum atomic E-state index is -3.60. The van der Waals surface area contributed by atoms with Crippen LogP contribution in [0, 0.1) is 12.7 Å². The van der Waals surface area contributed by atoms with Gasteiger partial charge in [0.1, 0.15) is 22.6 Å². The van der Waals surface area contributed by atoms with Crippen molar-refractivity contribution in [3.05, 3.63) is 87.8 Å². The van der Waals surface area contributed by atoms with Gasteiger partial charge in [-0.1, -0.05) is 23.7 Å². The average Bonchev–Trinajstić information content (AvgIpc) is 3.51. The van der Waals surface area contributed by atoms with Crippen molar-refractivity contribution in [3.8, 4) is 5.75 Å². The number of para-hydroxylation sites is 1. The van der Waals surface area contributed by atoms with E-state index in [0.29, 0.717) is 34.8 Å². The molecular weight excluding hydrogens is 811 g/mol. The number of halogens is 2. The Hall–Kier alpha value is -5.32. The standard InChI is InChI=1S/C43H50ClFN8O6S/c1-24(2)59-37-20-36(26(5)17-34(37)48-43-46-21-31(44)40(50-43)47-33-9-7-8-10-38(33)60(57,58)25(3)4)52-15-13-29(14-16-52)51(6)22-28-18-27-23-53(42(56)30(27)19-32(28)45)35-11-12-39(54)49-41(35)55/h7-10,17-21,24-25,29,35H,11-16,22-23H2,1-6H3,(H,49,54,55)(H2,46,47,48,50). The minimum absolute atomic E-state index is 0.137. The number of carbonyl (C=O) groups is 3. The highest BCUT2D eigenvalue weighted by Crippen LogP contribution is 2.38. The molecule has 0 radical (unpaired) electrons. The van der Waals surface area contributed by atoms with E-state index in [9.17, 15) is 22.8 Å². The molecule has 4 heterocycles. The zero-order valence-corrected chi connectivity index (χ0v) is 36.1. The van der Waals surface area contributed by atoms with Crippen molar-refractivity contribution >= 4 is 68.0 Å². The molecule has 7 rings (SSSR count). The number of aryl methyl sites for hydroxylation is 1. The molecule has 3 aliphatic rings. The number of benzene rings is 3. The van der Waals surface area contributed by atoms with Crippen molar-refractivity contribution in [1.29, 1.82) is 0 Å². The summed E-state index contributed by atoms with van der Waals surface area (Å²) in [5.74, 6) is -0.639. The van der Waals surface area contributed by atoms with Gasteiger partial charge in [0.15, 0.2) is 15.7 Å². The van der Waals surface area contributed by atoms with Gasteiger partial charge in [0.25, 0.3) is 5.91 Å². The van der Waals surface area contributed by atoms with Crippen LogP contribution >= 0.6 is 11.6 Å². The van der Waals surface area contributed by atoms with Gasteiger partial charge in [-0.15, -0.1) is 0 Å². The number of sulfone groups is 1. The van der Waals surface area contributed by atoms with Crippen LogP contribution in [0.25, 0.3) is 0 Å². The molecule has 3 aromatic carbocycles. The molecule has 1 unspecified atom stereocenters. The molecule has 0 saturated carbocycles. The Bertz CT molecular complexity index is 2440. The van der Waals surface area contributed by atoms with Crippen LogP contribution in [0.15, 0.2) is 59.6 Å². The summed E-state index contributed by atoms with van der Waals surface area (Å²) in [6, 6.07) is 13.1. The van der Waals surface area contributed by atoms with Crippen molar-refractivity contribution in [2.24, 2.45) is 0 Å². The van der Waals surface area contributed by atoms with Gasteiger partial charge in [0.2, 0.25) is 17.8 Å². The second kappa shape index (κ2) is 17.3. The number of aromatic nitrogens is 2. The number of hydrogen-bond acceptors (Lipinski definition) is 12. The molecule has 318 valence electrons. The molecular formula is C43H50ClFN8O6S. The van der Waals surface area contributed by atoms with Gasteiger partial charge in [0, 0.05) is 61.5 Å². The molecule has 0 spiro atoms. The Labute approximate surface area is 354 Å². The Morgan fingerprint density at radius 1 is 1.02 bits per heavy atom. The first-order chi connectivity index (χ1) is 28.5. The van der Waals surface area contributed by atoms with Crippen molar-refractivity contribution in [2.45, 2.75) is 102 Å². The molecule has 60 heavy (non-hydrogen) atoms. The third-order valence-corrected chi connectivity index (χ3v) is 13.7. The number of rotatable bonds is 13. The maximum absolute atomic E-state index is 15.5. The summed E-state index contributed by atoms with van der Waals surface area (Å²) in [5, 5.41) is 8.27. The van der Waals surface area contributed by atoms with Gasteiger partial charge in [-0.05, 0) is 102 Å². The fourth-order valence-electron chi connectivity index (χ4n) is 8.01. The van der Waals surface area contributed by atoms with Crippen LogP contribution in [0.2, 0.25) is 5.02 Å². The molecule has 1 aromatic heterocycles. The fraction of sp³-hybridized carbons (Fsp3) is 0.419. The Kier molecular flexibility index (Phi) is 12.4. The van der Waals surface area contributed by atoms with Gasteiger partial charge >= 0.3 is 0 Å². The normalized spacial score (nSPS) is 17.4. The number of carbonyl (C=O) groups excluding carboxylic acids is 3. The Balaban J connectivity index is 1.02. The lowest BCUT2D eigenvalue weighted by atomic mass is 10.00. The molecule has 3 N–H and O–H groups in total. The highest BCUT2D eigenvalue weighted by molar-refractivity contribution is 7.92. The summed E-state index contributed by atoms with van der Waals surface area (Å²) in [5.41, 5.74) is 4.45. The van der Waals surface area contributed by atoms with E-state index in [0.717, 1.165) is 37.2 Å². The van der Waals surface area contributed by atoms with Crippen LogP contribution in [-0.2, 0) is 32.5 Å². The predicted molar refractivity (Wildman–Crippen MR) is 228 cm³/mol. The van der Waals surface area contributed by atoms with Crippen molar-refractivity contribution in [1.82, 2.24) is 25.1 Å². The lowest BCUT2D eigenvalue weighted by Crippen LogP contribution is -2.52. The van der Waals surface area contributed by atoms with Gasteiger partial charge in [-0.3, -0.25) is 24.6 Å². The lowest BCUT2D eigenvalue weighted by molar-refractivity contribution is -0.136. The van der Waals surface area contributed by atoms with Crippen molar-refractivity contribution < 1.29 is 31.9 Å². The molecule has 1 atom stereocenters. The fourth-order valence-corrected chi connectivity index (χ4v) is 9.35. The van der Waals surface area contributed by atoms with E-state index < -0.39 is 38.8 Å². The topological polar surface area (TPSA) is 166 Å². The van der Waals surface area contributed by atoms with E-state index in [1.807, 2.05) is 40.0 Å². The number of anilines is 5. The molecule has 2 saturated heterocycles. The average molecular weight is 861 g/mol. The van der Waals surface area contributed by atoms with Crippen LogP contribution in [0.4, 0.5) is 33.2 Å². The van der Waals surface area contributed by atoms with E-state index >= 15 is 4.39 Å². The number of fused-ring (bicyclic) bond motifs is 1. The van der Waals surface area contributed by atoms with Crippen molar-refractivity contribution in [3.63, 3.8) is 0 Å². The third kappa shape index (κ3) is 8.91. The van der Waals surface area contributed by atoms with Crippen molar-refractivity contribution in [2.75, 3.05) is 35.7 Å². The van der Waals surface area contributed by atoms with E-state index in [2.05, 4.69) is 35.7 Å². The Morgan fingerprint density at radius 2 is 1.75 bits per heavy atom. The highest BCUT2D eigenvalue weighted by Gasteiger charge is 2.40. The van der Waals surface area contributed by atoms with Crippen LogP contribution < -0.4 is 25.6 Å². The SMILES string of the molecule is Cc1cc(Nc2ncc(Cl)c(Nc3ccccc3S(=O)(=O)C(C)C)n2)c(OC(C)C)cc1N1CCC(N(C)Cc2cc3c(cc2F)C(=O)N(C2CCC(=O)NC2=O)C3)CC1. The smallest absolute Gasteiger partial charge is 0.255 e. The molecule has 0 bridgehead atoms. The van der Waals surface area contributed by atoms with Gasteiger partial charge < -0.3 is 25.2 Å². The van der Waals surface area contributed by atoms with E-state index in [-0.39, 0.29) is 64.7 Å². The number of hydrogen-bond donors (Lipinski definition) is 3. The summed E-state index contributed by atoms with van der Waals surface area (Å²) in [6.07, 6.45) is 3.38. The second-order valence-corrected chi connectivity index (χ2v) is 19.0. The molecule has 0 aliphatic carbocycles. The summed E-state index contributed by atoms with van der Waals surface area (Å²) < 4.78 is 48.0. The number of imide groups is 1. The number of nitrogens with one attached hydrogen (secondary N) is 3. The maximum Gasteiger partial charge on any atom is 0.255 e. The van der Waals surface area contributed by atoms with Gasteiger partial charge in [-0.25, -0.2) is 17.8 Å². The summed E-state index contributed by atoms with van der Waals surface area (Å²) >= 11 is 6.50. The first-order valence-corrected chi connectivity index (χ1v) is 22.0. The largest absolute Gasteiger partial charge is 0.489 e.